The summed E-state index contributed by atoms with van der Waals surface area (Å²) in [7, 11) is 0. The molecule has 1 aromatic carbocycles. The monoisotopic (exact) mass is 390 g/mol. The first-order valence-electron chi connectivity index (χ1n) is 10.2. The molecule has 0 spiro atoms. The fourth-order valence-electron chi connectivity index (χ4n) is 3.74. The first kappa shape index (κ1) is 19.2. The van der Waals surface area contributed by atoms with Crippen molar-refractivity contribution in [1.82, 2.24) is 19.6 Å². The Kier molecular flexibility index (Phi) is 5.60. The summed E-state index contributed by atoms with van der Waals surface area (Å²) in [6.07, 6.45) is 6.12. The number of nitrogens with zero attached hydrogens (tertiary/aromatic N) is 3. The van der Waals surface area contributed by atoms with E-state index in [1.807, 2.05) is 54.3 Å². The summed E-state index contributed by atoms with van der Waals surface area (Å²) in [5.74, 6) is -0.0714. The third-order valence-electron chi connectivity index (χ3n) is 5.42. The number of amides is 2. The Morgan fingerprint density at radius 1 is 1.00 bits per heavy atom. The molecule has 6 nitrogen and oxygen atoms in total. The second kappa shape index (κ2) is 8.47. The molecule has 4 rings (SSSR count). The highest BCUT2D eigenvalue weighted by Crippen LogP contribution is 2.17. The van der Waals surface area contributed by atoms with Crippen LogP contribution in [0.5, 0.6) is 0 Å². The highest BCUT2D eigenvalue weighted by Gasteiger charge is 2.25. The molecule has 0 bridgehead atoms. The van der Waals surface area contributed by atoms with Crippen molar-refractivity contribution in [3.8, 4) is 0 Å². The van der Waals surface area contributed by atoms with E-state index in [1.54, 1.807) is 10.6 Å². The van der Waals surface area contributed by atoms with Gasteiger partial charge in [0.05, 0.1) is 5.52 Å². The molecule has 0 aliphatic carbocycles. The number of hydrogen-bond donors (Lipinski definition) is 1. The number of fused-ring (bicyclic) bond motifs is 1. The molecule has 3 aromatic rings. The van der Waals surface area contributed by atoms with Crippen molar-refractivity contribution in [3.63, 3.8) is 0 Å². The summed E-state index contributed by atoms with van der Waals surface area (Å²) in [6, 6.07) is 13.6. The summed E-state index contributed by atoms with van der Waals surface area (Å²) in [6.45, 7) is 3.94. The van der Waals surface area contributed by atoms with Crippen LogP contribution in [0, 0.1) is 6.92 Å². The van der Waals surface area contributed by atoms with E-state index in [-0.39, 0.29) is 17.5 Å². The summed E-state index contributed by atoms with van der Waals surface area (Å²) in [4.78, 5) is 32.3. The average Bonchev–Trinajstić information content (AvgIpc) is 2.92. The van der Waals surface area contributed by atoms with Crippen LogP contribution in [0.25, 0.3) is 5.52 Å². The van der Waals surface area contributed by atoms with Gasteiger partial charge in [0.2, 0.25) is 5.82 Å². The standard InChI is InChI=1S/C23H26N4O2/c1-17-9-11-18(12-10-17)16-24-22(28)20-19-8-4-7-15-27(19)21(25-20)23(29)26-13-5-2-3-6-14-26/h4,7-12,15H,2-3,5-6,13-14,16H2,1H3,(H,24,28). The molecule has 3 heterocycles. The summed E-state index contributed by atoms with van der Waals surface area (Å²) in [5.41, 5.74) is 3.13. The molecule has 150 valence electrons. The van der Waals surface area contributed by atoms with Crippen LogP contribution in [-0.2, 0) is 6.54 Å². The van der Waals surface area contributed by atoms with Gasteiger partial charge >= 0.3 is 0 Å². The molecule has 0 radical (unpaired) electrons. The number of nitrogens with one attached hydrogen (secondary N) is 1. The zero-order valence-corrected chi connectivity index (χ0v) is 16.7. The largest absolute Gasteiger partial charge is 0.347 e. The van der Waals surface area contributed by atoms with E-state index >= 15 is 0 Å². The molecule has 1 saturated heterocycles. The predicted octanol–water partition coefficient (Wildman–Crippen LogP) is 3.59. The minimum absolute atomic E-state index is 0.106. The van der Waals surface area contributed by atoms with E-state index < -0.39 is 0 Å². The van der Waals surface area contributed by atoms with Gasteiger partial charge in [-0.05, 0) is 37.5 Å². The molecular weight excluding hydrogens is 364 g/mol. The van der Waals surface area contributed by atoms with Crippen LogP contribution in [0.15, 0.2) is 48.7 Å². The maximum atomic E-state index is 13.1. The fourth-order valence-corrected chi connectivity index (χ4v) is 3.74. The molecule has 0 saturated carbocycles. The Labute approximate surface area is 170 Å². The van der Waals surface area contributed by atoms with E-state index in [4.69, 9.17) is 0 Å². The number of benzene rings is 1. The molecule has 1 aliphatic rings. The molecule has 0 atom stereocenters. The van der Waals surface area contributed by atoms with E-state index in [0.717, 1.165) is 44.3 Å². The Hall–Kier alpha value is -3.15. The van der Waals surface area contributed by atoms with Gasteiger partial charge in [-0.1, -0.05) is 48.7 Å². The quantitative estimate of drug-likeness (QED) is 0.740. The average molecular weight is 390 g/mol. The van der Waals surface area contributed by atoms with E-state index in [2.05, 4.69) is 10.3 Å². The number of rotatable bonds is 4. The number of pyridine rings is 1. The molecule has 29 heavy (non-hydrogen) atoms. The van der Waals surface area contributed by atoms with Gasteiger partial charge in [-0.3, -0.25) is 14.0 Å². The summed E-state index contributed by atoms with van der Waals surface area (Å²) < 4.78 is 1.73. The molecule has 1 aliphatic heterocycles. The molecule has 2 aromatic heterocycles. The molecule has 2 amide bonds. The predicted molar refractivity (Wildman–Crippen MR) is 112 cm³/mol. The first-order chi connectivity index (χ1) is 14.1. The van der Waals surface area contributed by atoms with Crippen LogP contribution >= 0.6 is 0 Å². The van der Waals surface area contributed by atoms with Gasteiger partial charge in [-0.2, -0.15) is 0 Å². The van der Waals surface area contributed by atoms with Crippen molar-refractivity contribution >= 4 is 17.3 Å². The van der Waals surface area contributed by atoms with E-state index in [9.17, 15) is 9.59 Å². The minimum Gasteiger partial charge on any atom is -0.347 e. The van der Waals surface area contributed by atoms with Crippen molar-refractivity contribution in [2.45, 2.75) is 39.2 Å². The Bertz CT molecular complexity index is 1020. The van der Waals surface area contributed by atoms with Gasteiger partial charge in [0, 0.05) is 25.8 Å². The van der Waals surface area contributed by atoms with Gasteiger partial charge in [-0.15, -0.1) is 0 Å². The van der Waals surface area contributed by atoms with Crippen molar-refractivity contribution in [2.75, 3.05) is 13.1 Å². The number of aryl methyl sites for hydroxylation is 1. The van der Waals surface area contributed by atoms with Crippen LogP contribution in [0.1, 0.15) is 57.9 Å². The number of aromatic nitrogens is 2. The van der Waals surface area contributed by atoms with Crippen molar-refractivity contribution in [3.05, 3.63) is 71.3 Å². The Morgan fingerprint density at radius 2 is 1.72 bits per heavy atom. The third kappa shape index (κ3) is 4.16. The topological polar surface area (TPSA) is 66.7 Å². The summed E-state index contributed by atoms with van der Waals surface area (Å²) in [5, 5.41) is 2.93. The highest BCUT2D eigenvalue weighted by molar-refractivity contribution is 6.02. The second-order valence-corrected chi connectivity index (χ2v) is 7.61. The van der Waals surface area contributed by atoms with Gasteiger partial charge in [-0.25, -0.2) is 4.98 Å². The number of likely N-dealkylation sites (tertiary alicyclic amines) is 1. The lowest BCUT2D eigenvalue weighted by molar-refractivity contribution is 0.0748. The Morgan fingerprint density at radius 3 is 2.45 bits per heavy atom. The first-order valence-corrected chi connectivity index (χ1v) is 10.2. The number of carbonyl (C=O) groups excluding carboxylic acids is 2. The lowest BCUT2D eigenvalue weighted by atomic mass is 10.1. The molecular formula is C23H26N4O2. The number of imidazole rings is 1. The van der Waals surface area contributed by atoms with Gasteiger partial charge in [0.25, 0.3) is 11.8 Å². The van der Waals surface area contributed by atoms with Gasteiger partial charge < -0.3 is 10.2 Å². The lowest BCUT2D eigenvalue weighted by Gasteiger charge is -2.19. The highest BCUT2D eigenvalue weighted by atomic mass is 16.2. The zero-order chi connectivity index (χ0) is 20.2. The van der Waals surface area contributed by atoms with Crippen LogP contribution in [0.4, 0.5) is 0 Å². The minimum atomic E-state index is -0.274. The molecule has 6 heteroatoms. The summed E-state index contributed by atoms with van der Waals surface area (Å²) >= 11 is 0. The van der Waals surface area contributed by atoms with Gasteiger partial charge in [0.1, 0.15) is 0 Å². The van der Waals surface area contributed by atoms with Crippen molar-refractivity contribution in [2.24, 2.45) is 0 Å². The molecule has 1 fully saturated rings. The zero-order valence-electron chi connectivity index (χ0n) is 16.7. The van der Waals surface area contributed by atoms with Crippen LogP contribution < -0.4 is 5.32 Å². The second-order valence-electron chi connectivity index (χ2n) is 7.61. The Balaban J connectivity index is 1.58. The normalized spacial score (nSPS) is 14.6. The number of carbonyl (C=O) groups is 2. The third-order valence-corrected chi connectivity index (χ3v) is 5.42. The van der Waals surface area contributed by atoms with Crippen LogP contribution in [-0.4, -0.2) is 39.2 Å². The smallest absolute Gasteiger partial charge is 0.290 e. The maximum Gasteiger partial charge on any atom is 0.290 e. The maximum absolute atomic E-state index is 13.1. The van der Waals surface area contributed by atoms with Crippen LogP contribution in [0.3, 0.4) is 0 Å². The van der Waals surface area contributed by atoms with Crippen molar-refractivity contribution < 1.29 is 9.59 Å². The van der Waals surface area contributed by atoms with Crippen LogP contribution in [0.2, 0.25) is 0 Å². The van der Waals surface area contributed by atoms with E-state index in [1.165, 1.54) is 5.56 Å². The van der Waals surface area contributed by atoms with Crippen molar-refractivity contribution in [1.29, 1.82) is 0 Å². The SMILES string of the molecule is Cc1ccc(CNC(=O)c2nc(C(=O)N3CCCCCC3)n3ccccc23)cc1. The number of hydrogen-bond acceptors (Lipinski definition) is 3. The fraction of sp³-hybridized carbons (Fsp3) is 0.348. The molecule has 1 N–H and O–H groups in total. The van der Waals surface area contributed by atoms with Gasteiger partial charge in [0.15, 0.2) is 5.69 Å². The molecule has 0 unspecified atom stereocenters. The lowest BCUT2D eigenvalue weighted by Crippen LogP contribution is -2.33. The van der Waals surface area contributed by atoms with E-state index in [0.29, 0.717) is 17.9 Å².